The monoisotopic (exact) mass is 177 g/mol. The second-order valence-electron chi connectivity index (χ2n) is 2.91. The molecule has 0 fully saturated rings. The molecule has 2 rings (SSSR count). The molecular weight excluding hydrogens is 166 g/mol. The van der Waals surface area contributed by atoms with Crippen LogP contribution in [0.4, 0.5) is 0 Å². The van der Waals surface area contributed by atoms with E-state index in [-0.39, 0.29) is 6.61 Å². The molecule has 3 heteroatoms. The highest BCUT2D eigenvalue weighted by Gasteiger charge is 2.07. The highest BCUT2D eigenvalue weighted by molar-refractivity contribution is 5.84. The first-order valence-corrected chi connectivity index (χ1v) is 4.15. The van der Waals surface area contributed by atoms with Crippen molar-refractivity contribution in [3.05, 3.63) is 35.6 Å². The second-order valence-corrected chi connectivity index (χ2v) is 2.91. The first kappa shape index (κ1) is 8.29. The lowest BCUT2D eigenvalue weighted by Crippen LogP contribution is -1.97. The topological polar surface area (TPSA) is 59.4 Å². The number of nitrogens with two attached hydrogens (primary N) is 1. The van der Waals surface area contributed by atoms with Crippen LogP contribution in [-0.2, 0) is 13.2 Å². The molecule has 0 bridgehead atoms. The fourth-order valence-corrected chi connectivity index (χ4v) is 1.52. The van der Waals surface area contributed by atoms with E-state index < -0.39 is 0 Å². The number of benzene rings is 1. The number of aliphatic hydroxyl groups excluding tert-OH is 1. The highest BCUT2D eigenvalue weighted by Crippen LogP contribution is 2.24. The van der Waals surface area contributed by atoms with E-state index in [9.17, 15) is 0 Å². The van der Waals surface area contributed by atoms with Crippen LogP contribution in [0.5, 0.6) is 0 Å². The minimum Gasteiger partial charge on any atom is -0.464 e. The third-order valence-electron chi connectivity index (χ3n) is 2.15. The van der Waals surface area contributed by atoms with Gasteiger partial charge in [0.25, 0.3) is 0 Å². The lowest BCUT2D eigenvalue weighted by molar-refractivity contribution is 0.281. The summed E-state index contributed by atoms with van der Waals surface area (Å²) in [5.41, 5.74) is 8.17. The highest BCUT2D eigenvalue weighted by atomic mass is 16.3. The summed E-state index contributed by atoms with van der Waals surface area (Å²) in [5.74, 6) is 0. The Morgan fingerprint density at radius 1 is 1.31 bits per heavy atom. The SMILES string of the molecule is NCc1cccc2occ(CO)c12. The molecule has 0 amide bonds. The van der Waals surface area contributed by atoms with E-state index in [1.165, 1.54) is 0 Å². The van der Waals surface area contributed by atoms with Crippen LogP contribution in [0.15, 0.2) is 28.9 Å². The van der Waals surface area contributed by atoms with Gasteiger partial charge in [0, 0.05) is 17.5 Å². The zero-order valence-corrected chi connectivity index (χ0v) is 7.16. The van der Waals surface area contributed by atoms with Crippen molar-refractivity contribution in [2.24, 2.45) is 5.73 Å². The van der Waals surface area contributed by atoms with Crippen molar-refractivity contribution in [1.82, 2.24) is 0 Å². The molecule has 0 aliphatic carbocycles. The zero-order chi connectivity index (χ0) is 9.26. The van der Waals surface area contributed by atoms with Crippen molar-refractivity contribution in [1.29, 1.82) is 0 Å². The first-order valence-electron chi connectivity index (χ1n) is 4.15. The van der Waals surface area contributed by atoms with Gasteiger partial charge in [-0.1, -0.05) is 12.1 Å². The van der Waals surface area contributed by atoms with Crippen LogP contribution in [-0.4, -0.2) is 5.11 Å². The Morgan fingerprint density at radius 2 is 2.15 bits per heavy atom. The molecule has 13 heavy (non-hydrogen) atoms. The zero-order valence-electron chi connectivity index (χ0n) is 7.16. The fourth-order valence-electron chi connectivity index (χ4n) is 1.52. The van der Waals surface area contributed by atoms with Crippen molar-refractivity contribution in [3.63, 3.8) is 0 Å². The summed E-state index contributed by atoms with van der Waals surface area (Å²) in [5, 5.41) is 10.00. The first-order chi connectivity index (χ1) is 6.36. The van der Waals surface area contributed by atoms with Gasteiger partial charge in [-0.3, -0.25) is 0 Å². The maximum Gasteiger partial charge on any atom is 0.134 e. The van der Waals surface area contributed by atoms with Gasteiger partial charge in [0.15, 0.2) is 0 Å². The molecule has 0 saturated carbocycles. The van der Waals surface area contributed by atoms with Gasteiger partial charge in [-0.05, 0) is 11.6 Å². The van der Waals surface area contributed by atoms with Crippen LogP contribution >= 0.6 is 0 Å². The normalized spacial score (nSPS) is 10.9. The van der Waals surface area contributed by atoms with Gasteiger partial charge in [0.1, 0.15) is 5.58 Å². The summed E-state index contributed by atoms with van der Waals surface area (Å²) in [6, 6.07) is 5.71. The maximum absolute atomic E-state index is 9.04. The Kier molecular flexibility index (Phi) is 2.04. The Balaban J connectivity index is 2.76. The smallest absolute Gasteiger partial charge is 0.134 e. The molecule has 1 heterocycles. The van der Waals surface area contributed by atoms with Gasteiger partial charge in [-0.25, -0.2) is 0 Å². The predicted octanol–water partition coefficient (Wildman–Crippen LogP) is 1.38. The number of hydrogen-bond acceptors (Lipinski definition) is 3. The molecule has 0 aliphatic rings. The van der Waals surface area contributed by atoms with E-state index in [1.54, 1.807) is 6.26 Å². The van der Waals surface area contributed by atoms with Crippen molar-refractivity contribution < 1.29 is 9.52 Å². The van der Waals surface area contributed by atoms with Crippen LogP contribution in [0.1, 0.15) is 11.1 Å². The van der Waals surface area contributed by atoms with Crippen molar-refractivity contribution >= 4 is 11.0 Å². The standard InChI is InChI=1S/C10H11NO2/c11-4-7-2-1-3-9-10(7)8(5-12)6-13-9/h1-3,6,12H,4-5,11H2. The number of furan rings is 1. The molecule has 3 nitrogen and oxygen atoms in total. The molecule has 0 saturated heterocycles. The molecule has 0 unspecified atom stereocenters. The average molecular weight is 177 g/mol. The van der Waals surface area contributed by atoms with Crippen LogP contribution in [0, 0.1) is 0 Å². The van der Waals surface area contributed by atoms with E-state index in [0.717, 1.165) is 22.1 Å². The molecule has 0 aliphatic heterocycles. The molecule has 1 aromatic heterocycles. The minimum atomic E-state index is -0.00991. The largest absolute Gasteiger partial charge is 0.464 e. The number of aliphatic hydroxyl groups is 1. The summed E-state index contributed by atoms with van der Waals surface area (Å²) < 4.78 is 5.27. The number of rotatable bonds is 2. The Hall–Kier alpha value is -1.32. The third-order valence-corrected chi connectivity index (χ3v) is 2.15. The van der Waals surface area contributed by atoms with Gasteiger partial charge in [-0.2, -0.15) is 0 Å². The van der Waals surface area contributed by atoms with Gasteiger partial charge in [0.2, 0.25) is 0 Å². The lowest BCUT2D eigenvalue weighted by atomic mass is 10.1. The summed E-state index contributed by atoms with van der Waals surface area (Å²) >= 11 is 0. The van der Waals surface area contributed by atoms with Crippen LogP contribution in [0.2, 0.25) is 0 Å². The molecule has 0 spiro atoms. The van der Waals surface area contributed by atoms with Crippen LogP contribution in [0.25, 0.3) is 11.0 Å². The third kappa shape index (κ3) is 1.22. The molecular formula is C10H11NO2. The summed E-state index contributed by atoms with van der Waals surface area (Å²) in [7, 11) is 0. The van der Waals surface area contributed by atoms with Crippen LogP contribution < -0.4 is 5.73 Å². The Labute approximate surface area is 75.8 Å². The average Bonchev–Trinajstić information content (AvgIpc) is 2.60. The van der Waals surface area contributed by atoms with Crippen molar-refractivity contribution in [2.75, 3.05) is 0 Å². The van der Waals surface area contributed by atoms with E-state index in [1.807, 2.05) is 18.2 Å². The maximum atomic E-state index is 9.04. The summed E-state index contributed by atoms with van der Waals surface area (Å²) in [6.45, 7) is 0.452. The Morgan fingerprint density at radius 3 is 2.85 bits per heavy atom. The Bertz CT molecular complexity index is 420. The summed E-state index contributed by atoms with van der Waals surface area (Å²) in [4.78, 5) is 0. The van der Waals surface area contributed by atoms with Gasteiger partial charge in [-0.15, -0.1) is 0 Å². The lowest BCUT2D eigenvalue weighted by Gasteiger charge is -1.99. The molecule has 68 valence electrons. The van der Waals surface area contributed by atoms with E-state index in [2.05, 4.69) is 0 Å². The summed E-state index contributed by atoms with van der Waals surface area (Å²) in [6.07, 6.45) is 1.57. The molecule has 0 atom stereocenters. The van der Waals surface area contributed by atoms with Crippen LogP contribution in [0.3, 0.4) is 0 Å². The fraction of sp³-hybridized carbons (Fsp3) is 0.200. The second kappa shape index (κ2) is 3.20. The molecule has 0 radical (unpaired) electrons. The van der Waals surface area contributed by atoms with Gasteiger partial charge >= 0.3 is 0 Å². The molecule has 1 aromatic carbocycles. The molecule has 2 aromatic rings. The van der Waals surface area contributed by atoms with E-state index >= 15 is 0 Å². The van der Waals surface area contributed by atoms with Gasteiger partial charge in [0.05, 0.1) is 12.9 Å². The van der Waals surface area contributed by atoms with E-state index in [0.29, 0.717) is 6.54 Å². The number of hydrogen-bond donors (Lipinski definition) is 2. The van der Waals surface area contributed by atoms with Gasteiger partial charge < -0.3 is 15.3 Å². The van der Waals surface area contributed by atoms with Crippen molar-refractivity contribution in [3.8, 4) is 0 Å². The number of fused-ring (bicyclic) bond motifs is 1. The minimum absolute atomic E-state index is 0.00991. The van der Waals surface area contributed by atoms with Crippen molar-refractivity contribution in [2.45, 2.75) is 13.2 Å². The van der Waals surface area contributed by atoms with E-state index in [4.69, 9.17) is 15.3 Å². The molecule has 3 N–H and O–H groups in total. The predicted molar refractivity (Wildman–Crippen MR) is 50.0 cm³/mol. The quantitative estimate of drug-likeness (QED) is 0.728.